The molecular weight excluding hydrogens is 1040 g/mol. The van der Waals surface area contributed by atoms with Gasteiger partial charge in [-0.05, 0) is 161 Å². The predicted octanol–water partition coefficient (Wildman–Crippen LogP) is 18.4. The number of pyridine rings is 1. The van der Waals surface area contributed by atoms with Crippen LogP contribution in [0.3, 0.4) is 0 Å². The number of hydrogen-bond acceptors (Lipinski definition) is 5. The summed E-state index contributed by atoms with van der Waals surface area (Å²) in [5.41, 5.74) is 17.0. The molecule has 1 aromatic heterocycles. The molecule has 3 aliphatic rings. The molecule has 4 heterocycles. The molecule has 6 heteroatoms. The third-order valence-corrected chi connectivity index (χ3v) is 22.5. The smallest absolute Gasteiger partial charge is 0.185 e. The summed E-state index contributed by atoms with van der Waals surface area (Å²) in [6.45, 7) is 31.5. The number of aryl methyl sites for hydroxylation is 2. The first-order valence-electron chi connectivity index (χ1n) is 32.1. The molecule has 0 unspecified atom stereocenters. The fourth-order valence-corrected chi connectivity index (χ4v) is 18.7. The molecule has 10 aromatic rings. The molecular formula is C78H78N4OSi. The van der Waals surface area contributed by atoms with Gasteiger partial charge in [-0.2, -0.15) is 0 Å². The van der Waals surface area contributed by atoms with Crippen molar-refractivity contribution in [2.45, 2.75) is 119 Å². The summed E-state index contributed by atoms with van der Waals surface area (Å²) in [5.74, 6) is 2.20. The first-order valence-corrected chi connectivity index (χ1v) is 31.6. The van der Waals surface area contributed by atoms with E-state index in [1.54, 1.807) is 0 Å². The quantitative estimate of drug-likeness (QED) is 0.149. The zero-order valence-electron chi connectivity index (χ0n) is 56.1. The topological polar surface area (TPSA) is 31.8 Å². The zero-order valence-corrected chi connectivity index (χ0v) is 52.1. The molecule has 0 radical (unpaired) electrons. The Morgan fingerprint density at radius 3 is 1.60 bits per heavy atom. The molecule has 0 amide bonds. The van der Waals surface area contributed by atoms with Crippen molar-refractivity contribution < 1.29 is 11.6 Å². The lowest BCUT2D eigenvalue weighted by Crippen LogP contribution is -2.75. The number of hydrogen-bond donors (Lipinski definition) is 0. The number of nitrogens with zero attached hydrogens (tertiary/aromatic N) is 4. The maximum atomic E-state index is 9.57. The maximum absolute atomic E-state index is 9.57. The molecule has 13 rings (SSSR count). The van der Waals surface area contributed by atoms with E-state index in [9.17, 15) is 2.74 Å². The Bertz CT molecular complexity index is 4450. The lowest BCUT2D eigenvalue weighted by molar-refractivity contribution is 0.483. The van der Waals surface area contributed by atoms with Gasteiger partial charge >= 0.3 is 0 Å². The molecule has 0 fully saturated rings. The number of fused-ring (bicyclic) bond motifs is 10. The minimum Gasteiger partial charge on any atom is -0.457 e. The summed E-state index contributed by atoms with van der Waals surface area (Å²) >= 11 is 0. The number of benzene rings is 9. The van der Waals surface area contributed by atoms with E-state index >= 15 is 0 Å². The van der Waals surface area contributed by atoms with Gasteiger partial charge in [-0.3, -0.25) is 4.90 Å². The molecule has 5 nitrogen and oxygen atoms in total. The van der Waals surface area contributed by atoms with Crippen LogP contribution in [0.2, 0.25) is 0 Å². The van der Waals surface area contributed by atoms with E-state index in [1.165, 1.54) is 59.7 Å². The van der Waals surface area contributed by atoms with E-state index in [1.807, 2.05) is 24.4 Å². The van der Waals surface area contributed by atoms with Crippen LogP contribution in [-0.4, -0.2) is 19.7 Å². The zero-order chi connectivity index (χ0) is 63.2. The highest BCUT2D eigenvalue weighted by atomic mass is 28.3. The lowest BCUT2D eigenvalue weighted by atomic mass is 9.77. The van der Waals surface area contributed by atoms with E-state index < -0.39 is 14.1 Å². The molecule has 84 heavy (non-hydrogen) atoms. The molecule has 1 spiro atoms. The second-order valence-electron chi connectivity index (χ2n) is 27.6. The van der Waals surface area contributed by atoms with Crippen molar-refractivity contribution >= 4 is 68.8 Å². The number of rotatable bonds is 7. The normalized spacial score (nSPS) is 15.1. The van der Waals surface area contributed by atoms with Crippen LogP contribution in [0.1, 0.15) is 123 Å². The SMILES string of the molecule is [2H]c1c([2H])c([2H])c(-c2cc(C(C)(C)C)cc(-c3cc(C(C)(C)C)cc(C(C)(C)C)c3)c2N2CN(c3cccc(Oc4ccc5c(c4)N(c4cc(C(C)(C)C)ccn4)c4ccccc4[Si]54c5cc(C)ccc5-c5ccc(C)cc54)c3)c3ccccc32)c([2H])c1[2H]. The van der Waals surface area contributed by atoms with E-state index in [4.69, 9.17) is 13.8 Å². The molecule has 3 aliphatic heterocycles. The standard InChI is InChI=1S/C78H78N4OSi/c1-50-31-34-61-62-35-32-51(2)40-72(62)84(71(61)39-50)69-30-21-20-29-67(69)82(73-46-54(37-38-79-73)75(3,4)5)68-48-60(33-36-70(68)84)83-59-26-22-25-58(47-59)80-49-81(66-28-19-18-27-65(66)80)74-63(52-23-16-15-17-24-52)44-57(78(12,13)14)45-64(74)53-41-55(76(6,7)8)43-56(42-53)77(9,10)11/h15-48H,49H2,1-14H3/i15D,16D,17D,23D,24D. The van der Waals surface area contributed by atoms with Crippen molar-refractivity contribution in [2.24, 2.45) is 0 Å². The van der Waals surface area contributed by atoms with Crippen molar-refractivity contribution in [3.05, 3.63) is 240 Å². The summed E-state index contributed by atoms with van der Waals surface area (Å²) in [6.07, 6.45) is 1.95. The average Bonchev–Trinajstić information content (AvgIpc) is 1.60. The molecule has 420 valence electrons. The number of aromatic nitrogens is 1. The largest absolute Gasteiger partial charge is 0.457 e. The fraction of sp³-hybridized carbons (Fsp3) is 0.244. The number of para-hydroxylation sites is 3. The van der Waals surface area contributed by atoms with E-state index in [0.717, 1.165) is 56.6 Å². The van der Waals surface area contributed by atoms with Crippen molar-refractivity contribution in [1.82, 2.24) is 4.98 Å². The summed E-state index contributed by atoms with van der Waals surface area (Å²) < 4.78 is 53.1. The average molecular weight is 1120 g/mol. The number of ether oxygens (including phenoxy) is 1. The minimum atomic E-state index is -2.99. The van der Waals surface area contributed by atoms with Gasteiger partial charge in [0.05, 0.1) is 29.6 Å². The van der Waals surface area contributed by atoms with Crippen LogP contribution in [0.5, 0.6) is 11.5 Å². The third kappa shape index (κ3) is 9.25. The summed E-state index contributed by atoms with van der Waals surface area (Å²) in [4.78, 5) is 12.1. The second-order valence-corrected chi connectivity index (χ2v) is 31.2. The van der Waals surface area contributed by atoms with Gasteiger partial charge in [-0.25, -0.2) is 4.98 Å². The molecule has 0 bridgehead atoms. The van der Waals surface area contributed by atoms with E-state index in [0.29, 0.717) is 23.7 Å². The van der Waals surface area contributed by atoms with Crippen LogP contribution in [0.15, 0.2) is 206 Å². The van der Waals surface area contributed by atoms with Gasteiger partial charge in [0.25, 0.3) is 0 Å². The van der Waals surface area contributed by atoms with Gasteiger partial charge < -0.3 is 14.5 Å². The molecule has 0 atom stereocenters. The van der Waals surface area contributed by atoms with Crippen LogP contribution < -0.4 is 40.2 Å². The first kappa shape index (κ1) is 49.0. The Balaban J connectivity index is 0.978. The minimum absolute atomic E-state index is 0.118. The van der Waals surface area contributed by atoms with Crippen molar-refractivity contribution in [1.29, 1.82) is 0 Å². The highest BCUT2D eigenvalue weighted by Crippen LogP contribution is 2.53. The van der Waals surface area contributed by atoms with E-state index in [2.05, 4.69) is 263 Å². The van der Waals surface area contributed by atoms with Crippen LogP contribution in [0.25, 0.3) is 33.4 Å². The van der Waals surface area contributed by atoms with Gasteiger partial charge in [-0.1, -0.05) is 221 Å². The van der Waals surface area contributed by atoms with E-state index in [-0.39, 0.29) is 51.4 Å². The molecule has 9 aromatic carbocycles. The Kier molecular flexibility index (Phi) is 11.6. The molecule has 0 N–H and O–H groups in total. The number of anilines is 7. The van der Waals surface area contributed by atoms with Crippen LogP contribution in [-0.2, 0) is 21.7 Å². The predicted molar refractivity (Wildman–Crippen MR) is 359 cm³/mol. The van der Waals surface area contributed by atoms with Crippen molar-refractivity contribution in [3.63, 3.8) is 0 Å². The van der Waals surface area contributed by atoms with Gasteiger partial charge in [0, 0.05) is 40.8 Å². The van der Waals surface area contributed by atoms with Crippen LogP contribution in [0, 0.1) is 13.8 Å². The highest BCUT2D eigenvalue weighted by Gasteiger charge is 2.54. The summed E-state index contributed by atoms with van der Waals surface area (Å²) in [5, 5.41) is 5.41. The summed E-state index contributed by atoms with van der Waals surface area (Å²) in [7, 11) is -2.99. The molecule has 0 saturated carbocycles. The first-order chi connectivity index (χ1) is 42.0. The lowest BCUT2D eigenvalue weighted by Gasteiger charge is -2.43. The van der Waals surface area contributed by atoms with Crippen LogP contribution in [0.4, 0.5) is 39.9 Å². The van der Waals surface area contributed by atoms with Gasteiger partial charge in [0.1, 0.15) is 24.0 Å². The van der Waals surface area contributed by atoms with Crippen molar-refractivity contribution in [2.75, 3.05) is 21.4 Å². The van der Waals surface area contributed by atoms with Gasteiger partial charge in [0.15, 0.2) is 8.07 Å². The monoisotopic (exact) mass is 1120 g/mol. The Morgan fingerprint density at radius 2 is 0.976 bits per heavy atom. The highest BCUT2D eigenvalue weighted by molar-refractivity contribution is 7.23. The Morgan fingerprint density at radius 1 is 0.429 bits per heavy atom. The Hall–Kier alpha value is -8.45. The van der Waals surface area contributed by atoms with Crippen LogP contribution >= 0.6 is 0 Å². The second kappa shape index (κ2) is 19.8. The Labute approximate surface area is 507 Å². The fourth-order valence-electron chi connectivity index (χ4n) is 13.0. The van der Waals surface area contributed by atoms with Gasteiger partial charge in [-0.15, -0.1) is 0 Å². The van der Waals surface area contributed by atoms with Gasteiger partial charge in [0.2, 0.25) is 0 Å². The molecule has 0 saturated heterocycles. The molecule has 0 aliphatic carbocycles. The summed E-state index contributed by atoms with van der Waals surface area (Å²) in [6, 6.07) is 60.4. The third-order valence-electron chi connectivity index (χ3n) is 17.6. The van der Waals surface area contributed by atoms with Crippen molar-refractivity contribution in [3.8, 4) is 44.9 Å². The maximum Gasteiger partial charge on any atom is 0.185 e.